The molecule has 148 valence electrons. The Morgan fingerprint density at radius 1 is 0.655 bits per heavy atom. The van der Waals surface area contributed by atoms with Crippen molar-refractivity contribution < 1.29 is 0 Å². The highest BCUT2D eigenvalue weighted by molar-refractivity contribution is 5.32. The van der Waals surface area contributed by atoms with Crippen LogP contribution in [-0.2, 0) is 18.9 Å². The lowest BCUT2D eigenvalue weighted by Gasteiger charge is -2.46. The Labute approximate surface area is 174 Å². The fourth-order valence-electron chi connectivity index (χ4n) is 5.21. The summed E-state index contributed by atoms with van der Waals surface area (Å²) in [6.07, 6.45) is 0. The second kappa shape index (κ2) is 7.75. The fourth-order valence-corrected chi connectivity index (χ4v) is 5.21. The first-order valence-corrected chi connectivity index (χ1v) is 10.7. The maximum absolute atomic E-state index is 2.69. The highest BCUT2D eigenvalue weighted by Gasteiger charge is 2.55. The van der Waals surface area contributed by atoms with Crippen LogP contribution in [0, 0.1) is 6.92 Å². The molecule has 5 rings (SSSR count). The van der Waals surface area contributed by atoms with E-state index in [-0.39, 0.29) is 5.79 Å². The van der Waals surface area contributed by atoms with Crippen molar-refractivity contribution in [3.05, 3.63) is 107 Å². The Morgan fingerprint density at radius 3 is 1.72 bits per heavy atom. The zero-order chi connectivity index (χ0) is 19.7. The average Bonchev–Trinajstić information content (AvgIpc) is 3.29. The lowest BCUT2D eigenvalue weighted by molar-refractivity contribution is -0.0865. The summed E-state index contributed by atoms with van der Waals surface area (Å²) in [4.78, 5) is 8.06. The fraction of sp³-hybridized carbons (Fsp3) is 0.308. The molecule has 0 radical (unpaired) electrons. The summed E-state index contributed by atoms with van der Waals surface area (Å²) in [6.45, 7) is 8.56. The zero-order valence-electron chi connectivity index (χ0n) is 17.2. The summed E-state index contributed by atoms with van der Waals surface area (Å²) in [5.74, 6) is -0.169. The maximum atomic E-state index is 2.69. The second-order valence-corrected chi connectivity index (χ2v) is 8.31. The molecule has 3 heteroatoms. The first kappa shape index (κ1) is 18.6. The number of fused-ring (bicyclic) bond motifs is 1. The molecule has 3 aromatic carbocycles. The number of aryl methyl sites for hydroxylation is 1. The van der Waals surface area contributed by atoms with Crippen LogP contribution in [0.15, 0.2) is 84.9 Å². The minimum atomic E-state index is -0.169. The molecular formula is C26H29N3. The van der Waals surface area contributed by atoms with Gasteiger partial charge in [0.05, 0.1) is 0 Å². The SMILES string of the molecule is Cc1cccc(C23N(CCN2Cc2ccccc2)CCN3Cc2ccccc2)c1. The predicted molar refractivity (Wildman–Crippen MR) is 118 cm³/mol. The molecule has 3 nitrogen and oxygen atoms in total. The Kier molecular flexibility index (Phi) is 4.96. The van der Waals surface area contributed by atoms with E-state index in [1.54, 1.807) is 0 Å². The number of hydrogen-bond acceptors (Lipinski definition) is 3. The molecule has 2 saturated heterocycles. The molecular weight excluding hydrogens is 354 g/mol. The van der Waals surface area contributed by atoms with E-state index in [0.717, 1.165) is 39.3 Å². The van der Waals surface area contributed by atoms with E-state index in [0.29, 0.717) is 0 Å². The van der Waals surface area contributed by atoms with Gasteiger partial charge in [0.15, 0.2) is 5.79 Å². The van der Waals surface area contributed by atoms with Gasteiger partial charge in [0.25, 0.3) is 0 Å². The Balaban J connectivity index is 1.58. The van der Waals surface area contributed by atoms with Crippen LogP contribution in [0.3, 0.4) is 0 Å². The Hall–Kier alpha value is -2.46. The predicted octanol–water partition coefficient (Wildman–Crippen LogP) is 4.44. The summed E-state index contributed by atoms with van der Waals surface area (Å²) in [5.41, 5.74) is 5.50. The van der Waals surface area contributed by atoms with Gasteiger partial charge in [-0.3, -0.25) is 14.7 Å². The van der Waals surface area contributed by atoms with Crippen LogP contribution in [-0.4, -0.2) is 40.9 Å². The normalized spacial score (nSPS) is 19.5. The molecule has 3 aromatic rings. The zero-order valence-corrected chi connectivity index (χ0v) is 17.2. The highest BCUT2D eigenvalue weighted by Crippen LogP contribution is 2.45. The first-order chi connectivity index (χ1) is 14.3. The Morgan fingerprint density at radius 2 is 1.21 bits per heavy atom. The molecule has 0 spiro atoms. The molecule has 2 fully saturated rings. The van der Waals surface area contributed by atoms with E-state index in [1.807, 2.05) is 0 Å². The smallest absolute Gasteiger partial charge is 0.158 e. The average molecular weight is 384 g/mol. The minimum absolute atomic E-state index is 0.169. The van der Waals surface area contributed by atoms with Crippen molar-refractivity contribution in [2.45, 2.75) is 25.8 Å². The summed E-state index contributed by atoms with van der Waals surface area (Å²) in [7, 11) is 0. The van der Waals surface area contributed by atoms with E-state index in [4.69, 9.17) is 0 Å². The van der Waals surface area contributed by atoms with Crippen LogP contribution in [0.4, 0.5) is 0 Å². The molecule has 2 aliphatic rings. The lowest BCUT2D eigenvalue weighted by Crippen LogP contribution is -2.56. The highest BCUT2D eigenvalue weighted by atomic mass is 15.6. The van der Waals surface area contributed by atoms with Gasteiger partial charge >= 0.3 is 0 Å². The van der Waals surface area contributed by atoms with Gasteiger partial charge in [0.2, 0.25) is 0 Å². The molecule has 0 atom stereocenters. The molecule has 0 amide bonds. The maximum Gasteiger partial charge on any atom is 0.158 e. The van der Waals surface area contributed by atoms with E-state index in [2.05, 4.69) is 107 Å². The summed E-state index contributed by atoms with van der Waals surface area (Å²) < 4.78 is 0. The largest absolute Gasteiger partial charge is 0.266 e. The monoisotopic (exact) mass is 383 g/mol. The van der Waals surface area contributed by atoms with E-state index < -0.39 is 0 Å². The Bertz CT molecular complexity index is 900. The number of nitrogens with zero attached hydrogens (tertiary/aromatic N) is 3. The van der Waals surface area contributed by atoms with Crippen molar-refractivity contribution in [3.8, 4) is 0 Å². The second-order valence-electron chi connectivity index (χ2n) is 8.31. The molecule has 0 aromatic heterocycles. The molecule has 0 N–H and O–H groups in total. The molecule has 0 bridgehead atoms. The molecule has 2 heterocycles. The minimum Gasteiger partial charge on any atom is -0.266 e. The van der Waals surface area contributed by atoms with Crippen molar-refractivity contribution in [1.82, 2.24) is 14.7 Å². The van der Waals surface area contributed by atoms with Gasteiger partial charge in [0, 0.05) is 44.8 Å². The van der Waals surface area contributed by atoms with Gasteiger partial charge in [0.1, 0.15) is 0 Å². The number of rotatable bonds is 5. The quantitative estimate of drug-likeness (QED) is 0.645. The summed E-state index contributed by atoms with van der Waals surface area (Å²) in [5, 5.41) is 0. The van der Waals surface area contributed by atoms with Crippen LogP contribution in [0.5, 0.6) is 0 Å². The lowest BCUT2D eigenvalue weighted by atomic mass is 10.0. The van der Waals surface area contributed by atoms with Crippen molar-refractivity contribution in [1.29, 1.82) is 0 Å². The molecule has 0 aliphatic carbocycles. The van der Waals surface area contributed by atoms with Crippen molar-refractivity contribution >= 4 is 0 Å². The van der Waals surface area contributed by atoms with E-state index >= 15 is 0 Å². The summed E-state index contributed by atoms with van der Waals surface area (Å²) >= 11 is 0. The van der Waals surface area contributed by atoms with Gasteiger partial charge in [-0.25, -0.2) is 0 Å². The van der Waals surface area contributed by atoms with Crippen molar-refractivity contribution in [2.24, 2.45) is 0 Å². The third-order valence-corrected chi connectivity index (χ3v) is 6.44. The third kappa shape index (κ3) is 3.29. The van der Waals surface area contributed by atoms with Crippen LogP contribution in [0.25, 0.3) is 0 Å². The van der Waals surface area contributed by atoms with Crippen molar-refractivity contribution in [2.75, 3.05) is 26.2 Å². The molecule has 0 saturated carbocycles. The van der Waals surface area contributed by atoms with Gasteiger partial charge in [-0.1, -0.05) is 90.5 Å². The number of hydrogen-bond donors (Lipinski definition) is 0. The van der Waals surface area contributed by atoms with Crippen LogP contribution in [0.1, 0.15) is 22.3 Å². The van der Waals surface area contributed by atoms with Crippen LogP contribution in [0.2, 0.25) is 0 Å². The van der Waals surface area contributed by atoms with E-state index in [9.17, 15) is 0 Å². The molecule has 29 heavy (non-hydrogen) atoms. The van der Waals surface area contributed by atoms with Gasteiger partial charge in [-0.2, -0.15) is 0 Å². The van der Waals surface area contributed by atoms with Crippen LogP contribution >= 0.6 is 0 Å². The molecule has 2 aliphatic heterocycles. The number of benzene rings is 3. The van der Waals surface area contributed by atoms with E-state index in [1.165, 1.54) is 22.3 Å². The third-order valence-electron chi connectivity index (χ3n) is 6.44. The van der Waals surface area contributed by atoms with Crippen LogP contribution < -0.4 is 0 Å². The first-order valence-electron chi connectivity index (χ1n) is 10.7. The summed E-state index contributed by atoms with van der Waals surface area (Å²) in [6, 6.07) is 31.0. The van der Waals surface area contributed by atoms with Gasteiger partial charge < -0.3 is 0 Å². The van der Waals surface area contributed by atoms with Crippen molar-refractivity contribution in [3.63, 3.8) is 0 Å². The van der Waals surface area contributed by atoms with Gasteiger partial charge in [-0.05, 0) is 18.1 Å². The molecule has 0 unspecified atom stereocenters. The topological polar surface area (TPSA) is 9.72 Å². The van der Waals surface area contributed by atoms with Gasteiger partial charge in [-0.15, -0.1) is 0 Å². The standard InChI is InChI=1S/C26H29N3/c1-22-9-8-14-25(19-22)26-27(15-17-28(26)20-23-10-4-2-5-11-23)16-18-29(26)21-24-12-6-3-7-13-24/h2-14,19H,15-18,20-21H2,1H3.